The zero-order valence-corrected chi connectivity index (χ0v) is 10.8. The number of rotatable bonds is 1. The van der Waals surface area contributed by atoms with Gasteiger partial charge >= 0.3 is 0 Å². The van der Waals surface area contributed by atoms with Crippen LogP contribution in [0.2, 0.25) is 0 Å². The maximum Gasteiger partial charge on any atom is 0.169 e. The summed E-state index contributed by atoms with van der Waals surface area (Å²) in [5.41, 5.74) is 1.26. The molecule has 0 aromatic heterocycles. The van der Waals surface area contributed by atoms with Crippen molar-refractivity contribution in [2.75, 3.05) is 6.61 Å². The highest BCUT2D eigenvalue weighted by atomic mass is 16.8. The number of nitrogens with zero attached hydrogens (tertiary/aromatic N) is 1. The second kappa shape index (κ2) is 4.20. The Morgan fingerprint density at radius 2 is 2.00 bits per heavy atom. The lowest BCUT2D eigenvalue weighted by atomic mass is 9.94. The van der Waals surface area contributed by atoms with Crippen LogP contribution in [0.1, 0.15) is 51.4 Å². The molecule has 3 fully saturated rings. The van der Waals surface area contributed by atoms with E-state index in [9.17, 15) is 0 Å². The van der Waals surface area contributed by atoms with Crippen LogP contribution in [0, 0.1) is 5.92 Å². The first kappa shape index (κ1) is 11.2. The molecule has 1 spiro atoms. The summed E-state index contributed by atoms with van der Waals surface area (Å²) >= 11 is 0. The normalized spacial score (nSPS) is 41.8. The molecule has 0 aromatic rings. The zero-order chi connectivity index (χ0) is 12.0. The van der Waals surface area contributed by atoms with E-state index in [4.69, 9.17) is 14.3 Å². The zero-order valence-electron chi connectivity index (χ0n) is 10.8. The van der Waals surface area contributed by atoms with Crippen LogP contribution in [0.15, 0.2) is 5.16 Å². The molecule has 0 aromatic carbocycles. The minimum Gasteiger partial charge on any atom is -0.389 e. The summed E-state index contributed by atoms with van der Waals surface area (Å²) in [4.78, 5) is 5.62. The summed E-state index contributed by atoms with van der Waals surface area (Å²) in [7, 11) is 0. The van der Waals surface area contributed by atoms with Crippen molar-refractivity contribution in [2.24, 2.45) is 11.1 Å². The monoisotopic (exact) mass is 251 g/mol. The summed E-state index contributed by atoms with van der Waals surface area (Å²) < 4.78 is 12.3. The molecule has 2 saturated carbocycles. The Kier molecular flexibility index (Phi) is 2.62. The fourth-order valence-electron chi connectivity index (χ4n) is 3.94. The lowest BCUT2D eigenvalue weighted by Crippen LogP contribution is -2.38. The third-order valence-corrected chi connectivity index (χ3v) is 4.92. The fourth-order valence-corrected chi connectivity index (χ4v) is 3.94. The summed E-state index contributed by atoms with van der Waals surface area (Å²) in [6.45, 7) is 0.684. The number of hydrogen-bond acceptors (Lipinski definition) is 4. The maximum absolute atomic E-state index is 6.26. The Bertz CT molecular complexity index is 362. The first-order valence-corrected chi connectivity index (χ1v) is 7.41. The molecule has 0 bridgehead atoms. The standard InChI is InChI=1S/C14H21NO3/c1-2-7-14(8-3-1)16-9-12(17-14)13-10-5-4-6-11(10)15-18-13/h10,12-13H,1-9H2/t10-,12-,13-/m1/s1. The van der Waals surface area contributed by atoms with Gasteiger partial charge in [-0.1, -0.05) is 11.6 Å². The highest BCUT2D eigenvalue weighted by Gasteiger charge is 2.50. The molecule has 4 rings (SSSR count). The quantitative estimate of drug-likeness (QED) is 0.719. The fraction of sp³-hybridized carbons (Fsp3) is 0.929. The number of ether oxygens (including phenoxy) is 2. The van der Waals surface area contributed by atoms with E-state index in [0.29, 0.717) is 12.5 Å². The van der Waals surface area contributed by atoms with E-state index in [1.807, 2.05) is 0 Å². The molecule has 18 heavy (non-hydrogen) atoms. The Hall–Kier alpha value is -0.610. The molecule has 2 aliphatic heterocycles. The lowest BCUT2D eigenvalue weighted by molar-refractivity contribution is -0.199. The molecular formula is C14H21NO3. The molecule has 0 radical (unpaired) electrons. The van der Waals surface area contributed by atoms with E-state index in [2.05, 4.69) is 5.16 Å². The molecule has 0 amide bonds. The number of oxime groups is 1. The van der Waals surface area contributed by atoms with Crippen LogP contribution in [0.3, 0.4) is 0 Å². The van der Waals surface area contributed by atoms with Gasteiger partial charge in [0.1, 0.15) is 6.10 Å². The van der Waals surface area contributed by atoms with E-state index in [1.165, 1.54) is 37.8 Å². The van der Waals surface area contributed by atoms with Crippen LogP contribution in [-0.4, -0.2) is 30.3 Å². The Morgan fingerprint density at radius 1 is 1.11 bits per heavy atom. The third kappa shape index (κ3) is 1.69. The molecule has 100 valence electrons. The Morgan fingerprint density at radius 3 is 2.89 bits per heavy atom. The van der Waals surface area contributed by atoms with Crippen LogP contribution in [-0.2, 0) is 14.3 Å². The molecule has 2 aliphatic carbocycles. The molecule has 3 atom stereocenters. The largest absolute Gasteiger partial charge is 0.389 e. The predicted molar refractivity (Wildman–Crippen MR) is 66.3 cm³/mol. The van der Waals surface area contributed by atoms with Gasteiger partial charge < -0.3 is 14.3 Å². The van der Waals surface area contributed by atoms with Gasteiger partial charge in [-0.3, -0.25) is 0 Å². The minimum atomic E-state index is -0.284. The molecular weight excluding hydrogens is 230 g/mol. The number of hydrogen-bond donors (Lipinski definition) is 0. The first-order valence-electron chi connectivity index (χ1n) is 7.41. The lowest BCUT2D eigenvalue weighted by Gasteiger charge is -2.32. The molecule has 2 heterocycles. The van der Waals surface area contributed by atoms with Gasteiger partial charge in [-0.25, -0.2) is 0 Å². The van der Waals surface area contributed by atoms with E-state index in [-0.39, 0.29) is 18.0 Å². The first-order chi connectivity index (χ1) is 8.86. The molecule has 0 N–H and O–H groups in total. The summed E-state index contributed by atoms with van der Waals surface area (Å²) in [6, 6.07) is 0. The van der Waals surface area contributed by atoms with Crippen LogP contribution >= 0.6 is 0 Å². The average molecular weight is 251 g/mol. The number of fused-ring (bicyclic) bond motifs is 1. The summed E-state index contributed by atoms with van der Waals surface area (Å²) in [6.07, 6.45) is 9.64. The van der Waals surface area contributed by atoms with Crippen LogP contribution in [0.4, 0.5) is 0 Å². The Labute approximate surface area is 108 Å². The van der Waals surface area contributed by atoms with Gasteiger partial charge in [0.2, 0.25) is 0 Å². The molecule has 4 nitrogen and oxygen atoms in total. The smallest absolute Gasteiger partial charge is 0.169 e. The van der Waals surface area contributed by atoms with Gasteiger partial charge in [-0.15, -0.1) is 0 Å². The minimum absolute atomic E-state index is 0.0902. The second-order valence-electron chi connectivity index (χ2n) is 6.09. The summed E-state index contributed by atoms with van der Waals surface area (Å²) in [5.74, 6) is 0.213. The van der Waals surface area contributed by atoms with Crippen molar-refractivity contribution < 1.29 is 14.3 Å². The van der Waals surface area contributed by atoms with Gasteiger partial charge in [0.25, 0.3) is 0 Å². The maximum atomic E-state index is 6.26. The van der Waals surface area contributed by atoms with Crippen molar-refractivity contribution in [2.45, 2.75) is 69.4 Å². The highest BCUT2D eigenvalue weighted by Crippen LogP contribution is 2.42. The van der Waals surface area contributed by atoms with Crippen molar-refractivity contribution in [3.8, 4) is 0 Å². The van der Waals surface area contributed by atoms with Crippen LogP contribution in [0.25, 0.3) is 0 Å². The van der Waals surface area contributed by atoms with Crippen LogP contribution in [0.5, 0.6) is 0 Å². The molecule has 4 aliphatic rings. The van der Waals surface area contributed by atoms with E-state index in [0.717, 1.165) is 19.3 Å². The van der Waals surface area contributed by atoms with E-state index < -0.39 is 0 Å². The van der Waals surface area contributed by atoms with Crippen LogP contribution < -0.4 is 0 Å². The SMILES string of the molecule is C1CCC2(CC1)OC[C@H]([C@@H]1ON=C3CCC[C@H]31)O2. The van der Waals surface area contributed by atoms with Gasteiger partial charge in [0, 0.05) is 18.8 Å². The van der Waals surface area contributed by atoms with Crippen molar-refractivity contribution in [3.63, 3.8) is 0 Å². The van der Waals surface area contributed by atoms with Crippen molar-refractivity contribution in [1.29, 1.82) is 0 Å². The van der Waals surface area contributed by atoms with Gasteiger partial charge in [-0.2, -0.15) is 0 Å². The second-order valence-corrected chi connectivity index (χ2v) is 6.09. The van der Waals surface area contributed by atoms with Gasteiger partial charge in [-0.05, 0) is 32.1 Å². The topological polar surface area (TPSA) is 40.0 Å². The summed E-state index contributed by atoms with van der Waals surface area (Å²) in [5, 5.41) is 4.24. The molecule has 4 heteroatoms. The highest BCUT2D eigenvalue weighted by molar-refractivity contribution is 5.89. The van der Waals surface area contributed by atoms with Crippen molar-refractivity contribution >= 4 is 5.71 Å². The average Bonchev–Trinajstić information content (AvgIpc) is 3.05. The predicted octanol–water partition coefficient (Wildman–Crippen LogP) is 2.62. The third-order valence-electron chi connectivity index (χ3n) is 4.92. The molecule has 1 saturated heterocycles. The van der Waals surface area contributed by atoms with Crippen molar-refractivity contribution in [1.82, 2.24) is 0 Å². The van der Waals surface area contributed by atoms with Gasteiger partial charge in [0.05, 0.1) is 12.3 Å². The van der Waals surface area contributed by atoms with Crippen molar-refractivity contribution in [3.05, 3.63) is 0 Å². The van der Waals surface area contributed by atoms with E-state index in [1.54, 1.807) is 0 Å². The Balaban J connectivity index is 1.45. The molecule has 0 unspecified atom stereocenters. The van der Waals surface area contributed by atoms with Gasteiger partial charge in [0.15, 0.2) is 11.9 Å². The van der Waals surface area contributed by atoms with E-state index >= 15 is 0 Å².